The smallest absolute Gasteiger partial charge is 0.404 e. The van der Waals surface area contributed by atoms with Crippen molar-refractivity contribution < 1.29 is 23.3 Å². The molecule has 208 valence electrons. The Kier molecular flexibility index (Phi) is 7.64. The van der Waals surface area contributed by atoms with Crippen LogP contribution in [0.25, 0.3) is 0 Å². The fourth-order valence-electron chi connectivity index (χ4n) is 7.10. The lowest BCUT2D eigenvalue weighted by molar-refractivity contribution is -0.199. The first-order valence-corrected chi connectivity index (χ1v) is 14.2. The molecule has 1 unspecified atom stereocenters. The van der Waals surface area contributed by atoms with Crippen LogP contribution in [0.2, 0.25) is 0 Å². The van der Waals surface area contributed by atoms with E-state index in [1.165, 1.54) is 6.07 Å². The van der Waals surface area contributed by atoms with Crippen LogP contribution in [-0.4, -0.2) is 36.6 Å². The van der Waals surface area contributed by atoms with E-state index in [9.17, 15) is 14.0 Å². The molecule has 2 aromatic rings. The zero-order valence-corrected chi connectivity index (χ0v) is 23.6. The second-order valence-corrected chi connectivity index (χ2v) is 12.8. The highest BCUT2D eigenvalue weighted by atomic mass is 19.1. The van der Waals surface area contributed by atoms with Gasteiger partial charge in [0, 0.05) is 11.1 Å². The average Bonchev–Trinajstić information content (AvgIpc) is 3.25. The Morgan fingerprint density at radius 3 is 2.38 bits per heavy atom. The highest BCUT2D eigenvalue weighted by molar-refractivity contribution is 6.47. The number of benzene rings is 2. The van der Waals surface area contributed by atoms with Gasteiger partial charge in [0.1, 0.15) is 5.82 Å². The van der Waals surface area contributed by atoms with E-state index in [4.69, 9.17) is 9.31 Å². The van der Waals surface area contributed by atoms with Gasteiger partial charge in [-0.05, 0) is 67.6 Å². The average molecular weight is 534 g/mol. The summed E-state index contributed by atoms with van der Waals surface area (Å²) in [7, 11) is -0.549. The molecule has 2 aromatic carbocycles. The Hall–Kier alpha value is -2.71. The summed E-state index contributed by atoms with van der Waals surface area (Å²) in [5.41, 5.74) is 0.569. The highest BCUT2D eigenvalue weighted by Gasteiger charge is 2.68. The van der Waals surface area contributed by atoms with E-state index >= 15 is 0 Å². The quantitative estimate of drug-likeness (QED) is 0.418. The number of amides is 2. The molecule has 2 bridgehead atoms. The van der Waals surface area contributed by atoms with Crippen LogP contribution < -0.4 is 10.6 Å². The summed E-state index contributed by atoms with van der Waals surface area (Å²) in [4.78, 5) is 26.4. The maximum Gasteiger partial charge on any atom is 0.481 e. The standard InChI is InChI=1S/C31H40BFN2O4/c1-19(2)15-27(32-38-26-17-21-16-25(30(21,3)4)31(26,5)39-32)35-28(36)18-24(22-13-9-10-14-23(22)33)34-29(37)20-11-7-6-8-12-20/h6-14,19,21,24-27H,15-18H2,1-5H3,(H,34,37)(H,35,36)/t21-,24?,25-,26+,27-,31-/m0/s1. The van der Waals surface area contributed by atoms with Crippen molar-refractivity contribution in [1.29, 1.82) is 0 Å². The lowest BCUT2D eigenvalue weighted by atomic mass is 9.43. The van der Waals surface area contributed by atoms with Crippen molar-refractivity contribution in [2.45, 2.75) is 84.0 Å². The Morgan fingerprint density at radius 1 is 1.03 bits per heavy atom. The molecule has 0 spiro atoms. The predicted molar refractivity (Wildman–Crippen MR) is 149 cm³/mol. The van der Waals surface area contributed by atoms with Crippen molar-refractivity contribution in [3.63, 3.8) is 0 Å². The molecular formula is C31H40BFN2O4. The number of nitrogens with one attached hydrogen (secondary N) is 2. The SMILES string of the molecule is CC(C)C[C@H](NC(=O)CC(NC(=O)c1ccccc1)c1ccccc1F)B1O[C@@H]2C[C@@H]3C[C@@H](C3(C)C)[C@]2(C)O1. The fourth-order valence-corrected chi connectivity index (χ4v) is 7.10. The largest absolute Gasteiger partial charge is 0.481 e. The van der Waals surface area contributed by atoms with E-state index in [0.29, 0.717) is 29.7 Å². The zero-order chi connectivity index (χ0) is 27.9. The number of carbonyl (C=O) groups excluding carboxylic acids is 2. The maximum absolute atomic E-state index is 14.8. The molecule has 2 N–H and O–H groups in total. The van der Waals surface area contributed by atoms with Crippen molar-refractivity contribution in [1.82, 2.24) is 10.6 Å². The van der Waals surface area contributed by atoms with Gasteiger partial charge in [-0.1, -0.05) is 64.1 Å². The molecule has 0 radical (unpaired) electrons. The first-order chi connectivity index (χ1) is 18.5. The van der Waals surface area contributed by atoms with Crippen LogP contribution in [0.4, 0.5) is 4.39 Å². The van der Waals surface area contributed by atoms with Gasteiger partial charge in [0.25, 0.3) is 5.91 Å². The maximum atomic E-state index is 14.8. The molecule has 4 fully saturated rings. The molecule has 1 saturated heterocycles. The van der Waals surface area contributed by atoms with Gasteiger partial charge in [0.15, 0.2) is 0 Å². The highest BCUT2D eigenvalue weighted by Crippen LogP contribution is 2.65. The lowest BCUT2D eigenvalue weighted by Gasteiger charge is -2.64. The number of halogens is 1. The van der Waals surface area contributed by atoms with Gasteiger partial charge in [0.2, 0.25) is 5.91 Å². The lowest BCUT2D eigenvalue weighted by Crippen LogP contribution is -2.65. The van der Waals surface area contributed by atoms with Gasteiger partial charge in [-0.15, -0.1) is 0 Å². The minimum Gasteiger partial charge on any atom is -0.404 e. The Balaban J connectivity index is 1.32. The van der Waals surface area contributed by atoms with Crippen molar-refractivity contribution in [2.75, 3.05) is 0 Å². The molecule has 6 nitrogen and oxygen atoms in total. The third kappa shape index (κ3) is 5.38. The van der Waals surface area contributed by atoms with Gasteiger partial charge in [0.05, 0.1) is 30.1 Å². The molecular weight excluding hydrogens is 494 g/mol. The summed E-state index contributed by atoms with van der Waals surface area (Å²) >= 11 is 0. The molecule has 6 rings (SSSR count). The number of rotatable bonds is 9. The molecule has 4 aliphatic rings. The molecule has 6 atom stereocenters. The van der Waals surface area contributed by atoms with Crippen LogP contribution in [0.1, 0.15) is 82.3 Å². The third-order valence-corrected chi connectivity index (χ3v) is 9.38. The number of hydrogen-bond donors (Lipinski definition) is 2. The summed E-state index contributed by atoms with van der Waals surface area (Å²) < 4.78 is 28.0. The van der Waals surface area contributed by atoms with Crippen molar-refractivity contribution in [2.24, 2.45) is 23.2 Å². The topological polar surface area (TPSA) is 76.7 Å². The van der Waals surface area contributed by atoms with Gasteiger partial charge < -0.3 is 19.9 Å². The van der Waals surface area contributed by atoms with Crippen LogP contribution >= 0.6 is 0 Å². The fraction of sp³-hybridized carbons (Fsp3) is 0.548. The van der Waals surface area contributed by atoms with Crippen molar-refractivity contribution in [3.8, 4) is 0 Å². The van der Waals surface area contributed by atoms with E-state index < -0.39 is 19.0 Å². The minimum absolute atomic E-state index is 0.0159. The van der Waals surface area contributed by atoms with Gasteiger partial charge in [-0.25, -0.2) is 4.39 Å². The Bertz CT molecular complexity index is 1210. The molecule has 0 aromatic heterocycles. The van der Waals surface area contributed by atoms with Crippen LogP contribution in [-0.2, 0) is 14.1 Å². The van der Waals surface area contributed by atoms with Crippen molar-refractivity contribution in [3.05, 3.63) is 71.5 Å². The summed E-state index contributed by atoms with van der Waals surface area (Å²) in [5.74, 6) is -0.128. The van der Waals surface area contributed by atoms with Gasteiger partial charge in [-0.2, -0.15) is 0 Å². The van der Waals surface area contributed by atoms with E-state index in [1.807, 2.05) is 6.07 Å². The van der Waals surface area contributed by atoms with Crippen LogP contribution in [0.3, 0.4) is 0 Å². The van der Waals surface area contributed by atoms with Gasteiger partial charge in [-0.3, -0.25) is 9.59 Å². The van der Waals surface area contributed by atoms with E-state index in [-0.39, 0.29) is 46.9 Å². The summed E-state index contributed by atoms with van der Waals surface area (Å²) in [6.45, 7) is 11.0. The Morgan fingerprint density at radius 2 is 1.72 bits per heavy atom. The molecule has 3 aliphatic carbocycles. The molecule has 1 aliphatic heterocycles. The van der Waals surface area contributed by atoms with E-state index in [1.54, 1.807) is 42.5 Å². The molecule has 1 heterocycles. The van der Waals surface area contributed by atoms with E-state index in [0.717, 1.165) is 12.8 Å². The normalized spacial score (nSPS) is 28.3. The predicted octanol–water partition coefficient (Wildman–Crippen LogP) is 5.49. The van der Waals surface area contributed by atoms with Crippen LogP contribution in [0.5, 0.6) is 0 Å². The van der Waals surface area contributed by atoms with Crippen LogP contribution in [0, 0.1) is 29.0 Å². The van der Waals surface area contributed by atoms with Gasteiger partial charge >= 0.3 is 7.12 Å². The molecule has 39 heavy (non-hydrogen) atoms. The second kappa shape index (κ2) is 10.7. The first kappa shape index (κ1) is 27.8. The van der Waals surface area contributed by atoms with E-state index in [2.05, 4.69) is 45.3 Å². The first-order valence-electron chi connectivity index (χ1n) is 14.2. The summed E-state index contributed by atoms with van der Waals surface area (Å²) in [6.07, 6.45) is 2.71. The molecule has 8 heteroatoms. The zero-order valence-electron chi connectivity index (χ0n) is 23.6. The number of hydrogen-bond acceptors (Lipinski definition) is 4. The second-order valence-electron chi connectivity index (χ2n) is 12.8. The Labute approximate surface area is 231 Å². The third-order valence-electron chi connectivity index (χ3n) is 9.38. The molecule has 2 amide bonds. The monoisotopic (exact) mass is 534 g/mol. The summed E-state index contributed by atoms with van der Waals surface area (Å²) in [6, 6.07) is 14.1. The molecule has 3 saturated carbocycles. The summed E-state index contributed by atoms with van der Waals surface area (Å²) in [5, 5.41) is 6.01. The number of carbonyl (C=O) groups is 2. The van der Waals surface area contributed by atoms with Crippen LogP contribution in [0.15, 0.2) is 54.6 Å². The van der Waals surface area contributed by atoms with Crippen molar-refractivity contribution >= 4 is 18.9 Å². The minimum atomic E-state index is -0.836.